The van der Waals surface area contributed by atoms with Crippen molar-refractivity contribution in [1.29, 1.82) is 0 Å². The number of aromatic amines is 1. The minimum absolute atomic E-state index is 0.152. The van der Waals surface area contributed by atoms with Gasteiger partial charge in [-0.05, 0) is 18.9 Å². The highest BCUT2D eigenvalue weighted by molar-refractivity contribution is 6.08. The van der Waals surface area contributed by atoms with E-state index >= 15 is 0 Å². The van der Waals surface area contributed by atoms with Crippen molar-refractivity contribution in [3.05, 3.63) is 30.2 Å². The molecule has 0 amide bonds. The topological polar surface area (TPSA) is 45.8 Å². The number of hydrogen-bond donors (Lipinski definition) is 1. The lowest BCUT2D eigenvalue weighted by Crippen LogP contribution is -2.14. The van der Waals surface area contributed by atoms with Gasteiger partial charge < -0.3 is 4.98 Å². The molecule has 0 spiro atoms. The Kier molecular flexibility index (Phi) is 4.13. The number of Topliss-reactive ketones (excluding diaryl/α,β-unsaturated/α-hetero) is 1. The monoisotopic (exact) mass is 244 g/mol. The molecule has 2 heterocycles. The third kappa shape index (κ3) is 2.45. The van der Waals surface area contributed by atoms with E-state index in [0.717, 1.165) is 42.1 Å². The van der Waals surface area contributed by atoms with Crippen LogP contribution in [0.3, 0.4) is 0 Å². The molecule has 0 fully saturated rings. The molecule has 0 aliphatic carbocycles. The first-order valence-corrected chi connectivity index (χ1v) is 6.73. The lowest BCUT2D eigenvalue weighted by molar-refractivity contribution is 0.0906. The normalized spacial score (nSPS) is 11.3. The SMILES string of the molecule is CCCC(CCC)C(=O)c1c[nH]c2ccncc12. The van der Waals surface area contributed by atoms with Crippen molar-refractivity contribution in [3.8, 4) is 0 Å². The van der Waals surface area contributed by atoms with Crippen LogP contribution in [0.2, 0.25) is 0 Å². The van der Waals surface area contributed by atoms with Crippen molar-refractivity contribution in [1.82, 2.24) is 9.97 Å². The predicted octanol–water partition coefficient (Wildman–Crippen LogP) is 3.96. The molecule has 0 aliphatic heterocycles. The summed E-state index contributed by atoms with van der Waals surface area (Å²) < 4.78 is 0. The second kappa shape index (κ2) is 5.80. The van der Waals surface area contributed by atoms with Crippen molar-refractivity contribution in [2.75, 3.05) is 0 Å². The van der Waals surface area contributed by atoms with Gasteiger partial charge in [0.05, 0.1) is 0 Å². The summed E-state index contributed by atoms with van der Waals surface area (Å²) in [4.78, 5) is 19.8. The molecule has 0 aliphatic rings. The standard InChI is InChI=1S/C15H20N2O/c1-3-5-11(6-4-2)15(18)13-10-17-14-7-8-16-9-12(13)14/h7-11,17H,3-6H2,1-2H3. The summed E-state index contributed by atoms with van der Waals surface area (Å²) in [5, 5.41) is 0.944. The number of aromatic nitrogens is 2. The molecular formula is C15H20N2O. The smallest absolute Gasteiger partial charge is 0.168 e. The number of pyridine rings is 1. The zero-order valence-corrected chi connectivity index (χ0v) is 11.1. The number of carbonyl (C=O) groups excluding carboxylic acids is 1. The van der Waals surface area contributed by atoms with Crippen LogP contribution < -0.4 is 0 Å². The van der Waals surface area contributed by atoms with Gasteiger partial charge >= 0.3 is 0 Å². The van der Waals surface area contributed by atoms with Gasteiger partial charge in [-0.1, -0.05) is 26.7 Å². The van der Waals surface area contributed by atoms with Gasteiger partial charge in [-0.25, -0.2) is 0 Å². The molecule has 2 rings (SSSR count). The Bertz CT molecular complexity index is 524. The molecule has 96 valence electrons. The van der Waals surface area contributed by atoms with Crippen molar-refractivity contribution in [2.45, 2.75) is 39.5 Å². The fourth-order valence-electron chi connectivity index (χ4n) is 2.49. The van der Waals surface area contributed by atoms with Crippen molar-refractivity contribution >= 4 is 16.7 Å². The number of H-pyrrole nitrogens is 1. The van der Waals surface area contributed by atoms with Crippen LogP contribution in [0.25, 0.3) is 10.9 Å². The van der Waals surface area contributed by atoms with E-state index in [2.05, 4.69) is 23.8 Å². The first-order valence-electron chi connectivity index (χ1n) is 6.73. The van der Waals surface area contributed by atoms with E-state index < -0.39 is 0 Å². The quantitative estimate of drug-likeness (QED) is 0.782. The Morgan fingerprint density at radius 2 is 2.06 bits per heavy atom. The van der Waals surface area contributed by atoms with E-state index in [9.17, 15) is 4.79 Å². The van der Waals surface area contributed by atoms with Gasteiger partial charge in [0, 0.05) is 41.0 Å². The van der Waals surface area contributed by atoms with Crippen LogP contribution in [0.15, 0.2) is 24.7 Å². The number of carbonyl (C=O) groups is 1. The van der Waals surface area contributed by atoms with Crippen molar-refractivity contribution in [3.63, 3.8) is 0 Å². The summed E-state index contributed by atoms with van der Waals surface area (Å²) in [5.74, 6) is 0.414. The van der Waals surface area contributed by atoms with Gasteiger partial charge in [0.2, 0.25) is 0 Å². The van der Waals surface area contributed by atoms with Gasteiger partial charge in [-0.2, -0.15) is 0 Å². The predicted molar refractivity (Wildman–Crippen MR) is 73.7 cm³/mol. The van der Waals surface area contributed by atoms with E-state index in [0.29, 0.717) is 0 Å². The van der Waals surface area contributed by atoms with Crippen LogP contribution in [0, 0.1) is 5.92 Å². The molecule has 0 unspecified atom stereocenters. The molecule has 0 bridgehead atoms. The second-order valence-electron chi connectivity index (χ2n) is 4.76. The number of nitrogens with one attached hydrogen (secondary N) is 1. The molecular weight excluding hydrogens is 224 g/mol. The molecule has 3 heteroatoms. The van der Waals surface area contributed by atoms with Crippen LogP contribution in [-0.4, -0.2) is 15.8 Å². The fraction of sp³-hybridized carbons (Fsp3) is 0.467. The zero-order chi connectivity index (χ0) is 13.0. The van der Waals surface area contributed by atoms with E-state index in [1.54, 1.807) is 12.4 Å². The van der Waals surface area contributed by atoms with Gasteiger partial charge in [-0.3, -0.25) is 9.78 Å². The fourth-order valence-corrected chi connectivity index (χ4v) is 2.49. The summed E-state index contributed by atoms with van der Waals surface area (Å²) >= 11 is 0. The molecule has 18 heavy (non-hydrogen) atoms. The molecule has 2 aromatic rings. The maximum atomic E-state index is 12.6. The molecule has 0 saturated heterocycles. The summed E-state index contributed by atoms with van der Waals surface area (Å²) in [6.45, 7) is 4.26. The van der Waals surface area contributed by atoms with Crippen LogP contribution in [-0.2, 0) is 0 Å². The average molecular weight is 244 g/mol. The van der Waals surface area contributed by atoms with Crippen LogP contribution in [0.1, 0.15) is 49.9 Å². The first-order chi connectivity index (χ1) is 8.77. The number of hydrogen-bond acceptors (Lipinski definition) is 2. The van der Waals surface area contributed by atoms with Crippen LogP contribution in [0.4, 0.5) is 0 Å². The van der Waals surface area contributed by atoms with Crippen molar-refractivity contribution in [2.24, 2.45) is 5.92 Å². The maximum Gasteiger partial charge on any atom is 0.168 e. The molecule has 3 nitrogen and oxygen atoms in total. The minimum Gasteiger partial charge on any atom is -0.360 e. The average Bonchev–Trinajstić information content (AvgIpc) is 2.81. The summed E-state index contributed by atoms with van der Waals surface area (Å²) in [6.07, 6.45) is 9.39. The molecule has 1 N–H and O–H groups in total. The van der Waals surface area contributed by atoms with Gasteiger partial charge in [0.1, 0.15) is 0 Å². The number of nitrogens with zero attached hydrogens (tertiary/aromatic N) is 1. The molecule has 2 aromatic heterocycles. The minimum atomic E-state index is 0.152. The van der Waals surface area contributed by atoms with Gasteiger partial charge in [0.25, 0.3) is 0 Å². The highest BCUT2D eigenvalue weighted by Crippen LogP contribution is 2.24. The molecule has 0 aromatic carbocycles. The van der Waals surface area contributed by atoms with E-state index in [1.165, 1.54) is 0 Å². The van der Waals surface area contributed by atoms with E-state index in [-0.39, 0.29) is 11.7 Å². The molecule has 0 atom stereocenters. The number of fused-ring (bicyclic) bond motifs is 1. The lowest BCUT2D eigenvalue weighted by atomic mass is 9.90. The Balaban J connectivity index is 2.31. The highest BCUT2D eigenvalue weighted by atomic mass is 16.1. The largest absolute Gasteiger partial charge is 0.360 e. The Morgan fingerprint density at radius 1 is 1.33 bits per heavy atom. The van der Waals surface area contributed by atoms with Crippen LogP contribution >= 0.6 is 0 Å². The van der Waals surface area contributed by atoms with Crippen molar-refractivity contribution < 1.29 is 4.79 Å². The summed E-state index contributed by atoms with van der Waals surface area (Å²) in [7, 11) is 0. The summed E-state index contributed by atoms with van der Waals surface area (Å²) in [6, 6.07) is 1.90. The van der Waals surface area contributed by atoms with Crippen LogP contribution in [0.5, 0.6) is 0 Å². The highest BCUT2D eigenvalue weighted by Gasteiger charge is 2.21. The van der Waals surface area contributed by atoms with E-state index in [4.69, 9.17) is 0 Å². The first kappa shape index (κ1) is 12.8. The molecule has 0 saturated carbocycles. The number of ketones is 1. The Labute approximate surface area is 108 Å². The third-order valence-corrected chi connectivity index (χ3v) is 3.39. The van der Waals surface area contributed by atoms with Gasteiger partial charge in [-0.15, -0.1) is 0 Å². The number of rotatable bonds is 6. The van der Waals surface area contributed by atoms with Gasteiger partial charge in [0.15, 0.2) is 5.78 Å². The lowest BCUT2D eigenvalue weighted by Gasteiger charge is -2.13. The second-order valence-corrected chi connectivity index (χ2v) is 4.76. The third-order valence-electron chi connectivity index (χ3n) is 3.39. The van der Waals surface area contributed by atoms with E-state index in [1.807, 2.05) is 12.3 Å². The zero-order valence-electron chi connectivity index (χ0n) is 11.1. The summed E-state index contributed by atoms with van der Waals surface area (Å²) in [5.41, 5.74) is 1.78. The Morgan fingerprint density at radius 3 is 2.72 bits per heavy atom. The maximum absolute atomic E-state index is 12.6. The molecule has 0 radical (unpaired) electrons. The Hall–Kier alpha value is -1.64.